The lowest BCUT2D eigenvalue weighted by Crippen LogP contribution is -2.55. The first-order chi connectivity index (χ1) is 16.7. The van der Waals surface area contributed by atoms with Crippen LogP contribution in [0.1, 0.15) is 19.4 Å². The van der Waals surface area contributed by atoms with Crippen LogP contribution in [0.3, 0.4) is 0 Å². The van der Waals surface area contributed by atoms with Gasteiger partial charge in [-0.25, -0.2) is 0 Å². The van der Waals surface area contributed by atoms with Crippen molar-refractivity contribution in [2.24, 2.45) is 0 Å². The van der Waals surface area contributed by atoms with Crippen molar-refractivity contribution in [2.45, 2.75) is 13.8 Å². The molecule has 0 aliphatic carbocycles. The number of rotatable bonds is 8. The maximum absolute atomic E-state index is 12.8. The minimum Gasteiger partial charge on any atom is -0.493 e. The Morgan fingerprint density at radius 1 is 1.09 bits per heavy atom. The van der Waals surface area contributed by atoms with Crippen LogP contribution < -0.4 is 14.8 Å². The first kappa shape index (κ1) is 26.7. The summed E-state index contributed by atoms with van der Waals surface area (Å²) in [5.41, 5.74) is 1.09. The molecule has 0 atom stereocenters. The number of hydrogen-bond acceptors (Lipinski definition) is 6. The molecule has 1 saturated heterocycles. The molecule has 0 unspecified atom stereocenters. The third-order valence-electron chi connectivity index (χ3n) is 5.11. The third kappa shape index (κ3) is 6.01. The van der Waals surface area contributed by atoms with Crippen molar-refractivity contribution in [2.75, 3.05) is 32.1 Å². The molecule has 3 rings (SSSR count). The Kier molecular flexibility index (Phi) is 8.87. The highest BCUT2D eigenvalue weighted by molar-refractivity contribution is 9.10. The number of amides is 3. The SMILES string of the molecule is CCN1C(=O)C(=Cc2ccc(OCC(=O)Nc3ccc(Br)c(Cl)c3)c(OC)c2)C(=O)N(CC)C1=S. The number of anilines is 1. The highest BCUT2D eigenvalue weighted by Gasteiger charge is 2.37. The van der Waals surface area contributed by atoms with Gasteiger partial charge in [-0.2, -0.15) is 0 Å². The number of methoxy groups -OCH3 is 1. The molecular weight excluding hydrogens is 558 g/mol. The predicted octanol–water partition coefficient (Wildman–Crippen LogP) is 4.51. The van der Waals surface area contributed by atoms with Crippen LogP contribution in [0.5, 0.6) is 11.5 Å². The Hall–Kier alpha value is -2.95. The molecule has 0 saturated carbocycles. The molecule has 3 amide bonds. The van der Waals surface area contributed by atoms with Crippen molar-refractivity contribution in [3.05, 3.63) is 57.0 Å². The van der Waals surface area contributed by atoms with Crippen LogP contribution in [-0.2, 0) is 14.4 Å². The molecule has 1 N–H and O–H groups in total. The van der Waals surface area contributed by atoms with Gasteiger partial charge in [0.05, 0.1) is 12.1 Å². The largest absolute Gasteiger partial charge is 0.493 e. The molecule has 0 spiro atoms. The number of carbonyl (C=O) groups is 3. The monoisotopic (exact) mass is 579 g/mol. The van der Waals surface area contributed by atoms with E-state index >= 15 is 0 Å². The Morgan fingerprint density at radius 3 is 2.31 bits per heavy atom. The molecule has 0 radical (unpaired) electrons. The lowest BCUT2D eigenvalue weighted by molar-refractivity contribution is -0.133. The Balaban J connectivity index is 1.76. The van der Waals surface area contributed by atoms with E-state index in [1.54, 1.807) is 50.2 Å². The summed E-state index contributed by atoms with van der Waals surface area (Å²) in [6.07, 6.45) is 1.49. The highest BCUT2D eigenvalue weighted by atomic mass is 79.9. The van der Waals surface area contributed by atoms with Crippen LogP contribution in [0.15, 0.2) is 46.4 Å². The van der Waals surface area contributed by atoms with E-state index in [-0.39, 0.29) is 23.2 Å². The van der Waals surface area contributed by atoms with Crippen LogP contribution in [-0.4, -0.2) is 59.4 Å². The van der Waals surface area contributed by atoms with Crippen molar-refractivity contribution < 1.29 is 23.9 Å². The fraction of sp³-hybridized carbons (Fsp3) is 0.250. The van der Waals surface area contributed by atoms with E-state index < -0.39 is 11.8 Å². The van der Waals surface area contributed by atoms with Gasteiger partial charge in [-0.05, 0) is 84.0 Å². The number of nitrogens with one attached hydrogen (secondary N) is 1. The van der Waals surface area contributed by atoms with Gasteiger partial charge in [0.2, 0.25) is 0 Å². The summed E-state index contributed by atoms with van der Waals surface area (Å²) in [4.78, 5) is 40.8. The van der Waals surface area contributed by atoms with Gasteiger partial charge in [0.1, 0.15) is 5.57 Å². The average molecular weight is 581 g/mol. The molecule has 1 heterocycles. The van der Waals surface area contributed by atoms with Gasteiger partial charge in [-0.3, -0.25) is 24.2 Å². The van der Waals surface area contributed by atoms with E-state index in [1.807, 2.05) is 0 Å². The number of likely N-dealkylation sites (N-methyl/N-ethyl adjacent to an activating group) is 2. The molecule has 1 aliphatic rings. The molecule has 2 aromatic rings. The summed E-state index contributed by atoms with van der Waals surface area (Å²) in [6, 6.07) is 9.94. The first-order valence-electron chi connectivity index (χ1n) is 10.6. The number of benzene rings is 2. The molecule has 8 nitrogen and oxygen atoms in total. The zero-order valence-corrected chi connectivity index (χ0v) is 22.4. The van der Waals surface area contributed by atoms with Crippen molar-refractivity contribution in [3.8, 4) is 11.5 Å². The first-order valence-corrected chi connectivity index (χ1v) is 12.2. The molecule has 184 valence electrons. The average Bonchev–Trinajstić information content (AvgIpc) is 2.83. The minimum atomic E-state index is -0.448. The molecule has 1 aliphatic heterocycles. The second-order valence-electron chi connectivity index (χ2n) is 7.32. The van der Waals surface area contributed by atoms with Gasteiger partial charge >= 0.3 is 0 Å². The maximum atomic E-state index is 12.8. The molecule has 35 heavy (non-hydrogen) atoms. The molecule has 11 heteroatoms. The predicted molar refractivity (Wildman–Crippen MR) is 142 cm³/mol. The summed E-state index contributed by atoms with van der Waals surface area (Å²) in [6.45, 7) is 4.02. The Morgan fingerprint density at radius 2 is 1.74 bits per heavy atom. The number of thiocarbonyl (C=S) groups is 1. The molecule has 1 fully saturated rings. The van der Waals surface area contributed by atoms with E-state index in [1.165, 1.54) is 23.0 Å². The van der Waals surface area contributed by atoms with Crippen LogP contribution in [0.25, 0.3) is 6.08 Å². The van der Waals surface area contributed by atoms with Crippen LogP contribution >= 0.6 is 39.7 Å². The number of nitrogens with zero attached hydrogens (tertiary/aromatic N) is 2. The van der Waals surface area contributed by atoms with Crippen LogP contribution in [0.2, 0.25) is 5.02 Å². The lowest BCUT2D eigenvalue weighted by Gasteiger charge is -2.35. The smallest absolute Gasteiger partial charge is 0.265 e. The molecule has 2 aromatic carbocycles. The van der Waals surface area contributed by atoms with Crippen molar-refractivity contribution >= 4 is 74.3 Å². The highest BCUT2D eigenvalue weighted by Crippen LogP contribution is 2.30. The van der Waals surface area contributed by atoms with Crippen molar-refractivity contribution in [1.29, 1.82) is 0 Å². The Labute approximate surface area is 221 Å². The van der Waals surface area contributed by atoms with Crippen molar-refractivity contribution in [1.82, 2.24) is 9.80 Å². The zero-order chi connectivity index (χ0) is 25.7. The number of hydrogen-bond donors (Lipinski definition) is 1. The summed E-state index contributed by atoms with van der Waals surface area (Å²) in [5.74, 6) is -0.617. The molecular formula is C24H23BrClN3O5S. The second kappa shape index (κ2) is 11.7. The summed E-state index contributed by atoms with van der Waals surface area (Å²) in [7, 11) is 1.45. The quantitative estimate of drug-likeness (QED) is 0.281. The van der Waals surface area contributed by atoms with E-state index in [0.29, 0.717) is 40.9 Å². The van der Waals surface area contributed by atoms with E-state index in [9.17, 15) is 14.4 Å². The third-order valence-corrected chi connectivity index (χ3v) is 6.78. The van der Waals surface area contributed by atoms with Gasteiger partial charge < -0.3 is 14.8 Å². The normalized spacial score (nSPS) is 13.7. The number of ether oxygens (including phenoxy) is 2. The summed E-state index contributed by atoms with van der Waals surface area (Å²) < 4.78 is 11.7. The van der Waals surface area contributed by atoms with Gasteiger partial charge in [0.25, 0.3) is 17.7 Å². The van der Waals surface area contributed by atoms with E-state index in [4.69, 9.17) is 33.3 Å². The maximum Gasteiger partial charge on any atom is 0.265 e. The van der Waals surface area contributed by atoms with E-state index in [0.717, 1.165) is 4.47 Å². The van der Waals surface area contributed by atoms with Gasteiger partial charge in [-0.1, -0.05) is 17.7 Å². The fourth-order valence-corrected chi connectivity index (χ4v) is 4.21. The summed E-state index contributed by atoms with van der Waals surface area (Å²) in [5, 5.41) is 3.37. The number of carbonyl (C=O) groups excluding carboxylic acids is 3. The molecule has 0 aromatic heterocycles. The molecule has 0 bridgehead atoms. The van der Waals surface area contributed by atoms with Crippen molar-refractivity contribution in [3.63, 3.8) is 0 Å². The van der Waals surface area contributed by atoms with Crippen LogP contribution in [0.4, 0.5) is 5.69 Å². The zero-order valence-electron chi connectivity index (χ0n) is 19.3. The Bertz CT molecular complexity index is 1190. The topological polar surface area (TPSA) is 88.2 Å². The summed E-state index contributed by atoms with van der Waals surface area (Å²) >= 11 is 14.6. The van der Waals surface area contributed by atoms with Gasteiger partial charge in [-0.15, -0.1) is 0 Å². The standard InChI is InChI=1S/C24H23BrClN3O5S/c1-4-28-22(31)16(23(32)29(5-2)24(28)35)10-14-6-9-19(20(11-14)33-3)34-13-21(30)27-15-7-8-17(25)18(26)12-15/h6-12H,4-5,13H2,1-3H3,(H,27,30). The minimum absolute atomic E-state index is 0.00515. The lowest BCUT2D eigenvalue weighted by atomic mass is 10.1. The van der Waals surface area contributed by atoms with Crippen LogP contribution in [0, 0.1) is 0 Å². The van der Waals surface area contributed by atoms with Gasteiger partial charge in [0.15, 0.2) is 23.2 Å². The number of halogens is 2. The second-order valence-corrected chi connectivity index (χ2v) is 8.94. The van der Waals surface area contributed by atoms with Gasteiger partial charge in [0, 0.05) is 23.2 Å². The fourth-order valence-electron chi connectivity index (χ4n) is 3.36. The van der Waals surface area contributed by atoms with E-state index in [2.05, 4.69) is 21.2 Å².